The third-order valence-electron chi connectivity index (χ3n) is 2.87. The van der Waals surface area contributed by atoms with Crippen molar-refractivity contribution in [2.24, 2.45) is 5.10 Å². The van der Waals surface area contributed by atoms with E-state index in [-0.39, 0.29) is 11.7 Å². The lowest BCUT2D eigenvalue weighted by atomic mass is 10.2. The summed E-state index contributed by atoms with van der Waals surface area (Å²) in [6.45, 7) is 3.90. The summed E-state index contributed by atoms with van der Waals surface area (Å²) < 4.78 is 1.00. The minimum Gasteiger partial charge on any atom is -0.508 e. The highest BCUT2D eigenvalue weighted by Gasteiger charge is 2.07. The maximum Gasteiger partial charge on any atom is 0.271 e. The molecule has 0 atom stereocenters. The molecule has 0 radical (unpaired) electrons. The van der Waals surface area contributed by atoms with Crippen molar-refractivity contribution in [3.63, 3.8) is 0 Å². The van der Waals surface area contributed by atoms with Crippen LogP contribution in [0.5, 0.6) is 5.75 Å². The van der Waals surface area contributed by atoms with Crippen LogP contribution >= 0.6 is 15.9 Å². The number of H-pyrrole nitrogens is 1. The fourth-order valence-corrected chi connectivity index (χ4v) is 2.02. The zero-order valence-electron chi connectivity index (χ0n) is 11.1. The van der Waals surface area contributed by atoms with E-state index in [9.17, 15) is 4.79 Å². The van der Waals surface area contributed by atoms with E-state index in [1.54, 1.807) is 6.21 Å². The number of aromatic nitrogens is 1. The molecule has 0 unspecified atom stereocenters. The van der Waals surface area contributed by atoms with Crippen molar-refractivity contribution in [1.82, 2.24) is 10.4 Å². The lowest BCUT2D eigenvalue weighted by molar-refractivity contribution is 0.0955. The van der Waals surface area contributed by atoms with E-state index in [4.69, 9.17) is 5.11 Å². The van der Waals surface area contributed by atoms with Gasteiger partial charge in [0.2, 0.25) is 0 Å². The number of phenols is 1. The highest BCUT2D eigenvalue weighted by molar-refractivity contribution is 9.10. The Bertz CT molecular complexity index is 660. The number of benzene rings is 1. The summed E-state index contributed by atoms with van der Waals surface area (Å²) in [6, 6.07) is 5.96. The first-order valence-electron chi connectivity index (χ1n) is 5.96. The van der Waals surface area contributed by atoms with Gasteiger partial charge < -0.3 is 10.1 Å². The van der Waals surface area contributed by atoms with Crippen LogP contribution < -0.4 is 5.43 Å². The Hall–Kier alpha value is -2.08. The average molecular weight is 336 g/mol. The summed E-state index contributed by atoms with van der Waals surface area (Å²) in [4.78, 5) is 14.9. The molecule has 0 fully saturated rings. The highest BCUT2D eigenvalue weighted by atomic mass is 79.9. The number of aromatic hydroxyl groups is 1. The van der Waals surface area contributed by atoms with Gasteiger partial charge in [0.15, 0.2) is 0 Å². The SMILES string of the molecule is Cc1[nH]c(/C=N/NC(=O)c2ccc(O)cc2)c(C)c1Br. The van der Waals surface area contributed by atoms with Crippen molar-refractivity contribution in [3.05, 3.63) is 51.3 Å². The number of aromatic amines is 1. The van der Waals surface area contributed by atoms with E-state index in [0.29, 0.717) is 5.56 Å². The van der Waals surface area contributed by atoms with Gasteiger partial charge in [-0.15, -0.1) is 0 Å². The van der Waals surface area contributed by atoms with Gasteiger partial charge in [-0.3, -0.25) is 4.79 Å². The van der Waals surface area contributed by atoms with Crippen molar-refractivity contribution in [2.75, 3.05) is 0 Å². The molecular formula is C14H14BrN3O2. The topological polar surface area (TPSA) is 77.5 Å². The number of rotatable bonds is 3. The summed E-state index contributed by atoms with van der Waals surface area (Å²) in [5.74, 6) is -0.214. The largest absolute Gasteiger partial charge is 0.508 e. The molecular weight excluding hydrogens is 322 g/mol. The second kappa shape index (κ2) is 5.92. The quantitative estimate of drug-likeness (QED) is 0.595. The Morgan fingerprint density at radius 2 is 2.00 bits per heavy atom. The van der Waals surface area contributed by atoms with Gasteiger partial charge in [0.1, 0.15) is 5.75 Å². The summed E-state index contributed by atoms with van der Waals surface area (Å²) in [7, 11) is 0. The number of phenolic OH excluding ortho intramolecular Hbond substituents is 1. The smallest absolute Gasteiger partial charge is 0.271 e. The first-order valence-corrected chi connectivity index (χ1v) is 6.75. The number of aryl methyl sites for hydroxylation is 1. The molecule has 1 aromatic carbocycles. The normalized spacial score (nSPS) is 10.9. The molecule has 0 spiro atoms. The van der Waals surface area contributed by atoms with E-state index >= 15 is 0 Å². The maximum atomic E-state index is 11.8. The van der Waals surface area contributed by atoms with Crippen molar-refractivity contribution in [3.8, 4) is 5.75 Å². The van der Waals surface area contributed by atoms with Gasteiger partial charge in [0, 0.05) is 15.7 Å². The molecule has 104 valence electrons. The number of hydrogen-bond donors (Lipinski definition) is 3. The monoisotopic (exact) mass is 335 g/mol. The van der Waals surface area contributed by atoms with Gasteiger partial charge in [-0.1, -0.05) is 0 Å². The van der Waals surface area contributed by atoms with E-state index < -0.39 is 0 Å². The first-order chi connectivity index (χ1) is 9.49. The Morgan fingerprint density at radius 3 is 2.55 bits per heavy atom. The predicted molar refractivity (Wildman–Crippen MR) is 81.1 cm³/mol. The lowest BCUT2D eigenvalue weighted by Gasteiger charge is -1.99. The molecule has 6 heteroatoms. The van der Waals surface area contributed by atoms with Crippen LogP contribution in [-0.2, 0) is 0 Å². The minimum atomic E-state index is -0.332. The summed E-state index contributed by atoms with van der Waals surface area (Å²) in [5, 5.41) is 13.1. The van der Waals surface area contributed by atoms with Crippen molar-refractivity contribution >= 4 is 28.1 Å². The molecule has 0 aliphatic rings. The second-order valence-corrected chi connectivity index (χ2v) is 5.14. The Balaban J connectivity index is 2.04. The molecule has 5 nitrogen and oxygen atoms in total. The van der Waals surface area contributed by atoms with E-state index in [0.717, 1.165) is 21.4 Å². The number of carbonyl (C=O) groups is 1. The molecule has 0 saturated carbocycles. The van der Waals surface area contributed by atoms with Crippen LogP contribution in [0.25, 0.3) is 0 Å². The summed E-state index contributed by atoms with van der Waals surface area (Å²) >= 11 is 3.46. The zero-order valence-corrected chi connectivity index (χ0v) is 12.7. The predicted octanol–water partition coefficient (Wildman–Crippen LogP) is 2.86. The van der Waals surface area contributed by atoms with Crippen LogP contribution in [0.1, 0.15) is 27.3 Å². The molecule has 20 heavy (non-hydrogen) atoms. The molecule has 0 aliphatic carbocycles. The average Bonchev–Trinajstić information content (AvgIpc) is 2.67. The lowest BCUT2D eigenvalue weighted by Crippen LogP contribution is -2.17. The van der Waals surface area contributed by atoms with Crippen LogP contribution in [0.15, 0.2) is 33.8 Å². The first kappa shape index (κ1) is 14.3. The number of nitrogens with one attached hydrogen (secondary N) is 2. The van der Waals surface area contributed by atoms with Crippen molar-refractivity contribution in [2.45, 2.75) is 13.8 Å². The van der Waals surface area contributed by atoms with Crippen LogP contribution in [-0.4, -0.2) is 22.2 Å². The standard InChI is InChI=1S/C14H14BrN3O2/c1-8-12(17-9(2)13(8)15)7-16-18-14(20)10-3-5-11(19)6-4-10/h3-7,17,19H,1-2H3,(H,18,20)/b16-7+. The van der Waals surface area contributed by atoms with Crippen molar-refractivity contribution in [1.29, 1.82) is 0 Å². The number of amides is 1. The van der Waals surface area contributed by atoms with Gasteiger partial charge in [-0.25, -0.2) is 5.43 Å². The molecule has 1 amide bonds. The number of hydrazone groups is 1. The Labute approximate surface area is 124 Å². The van der Waals surface area contributed by atoms with Gasteiger partial charge in [0.25, 0.3) is 5.91 Å². The highest BCUT2D eigenvalue weighted by Crippen LogP contribution is 2.22. The number of carbonyl (C=O) groups excluding carboxylic acids is 1. The fourth-order valence-electron chi connectivity index (χ4n) is 1.71. The number of nitrogens with zero attached hydrogens (tertiary/aromatic N) is 1. The molecule has 1 aromatic heterocycles. The van der Waals surface area contributed by atoms with E-state index in [1.807, 2.05) is 13.8 Å². The van der Waals surface area contributed by atoms with Gasteiger partial charge in [0.05, 0.1) is 11.9 Å². The number of halogens is 1. The minimum absolute atomic E-state index is 0.118. The summed E-state index contributed by atoms with van der Waals surface area (Å²) in [6.07, 6.45) is 1.56. The number of hydrogen-bond acceptors (Lipinski definition) is 3. The Morgan fingerprint density at radius 1 is 1.35 bits per heavy atom. The molecule has 0 aliphatic heterocycles. The van der Waals surface area contributed by atoms with Crippen LogP contribution in [0, 0.1) is 13.8 Å². The van der Waals surface area contributed by atoms with Crippen LogP contribution in [0.2, 0.25) is 0 Å². The molecule has 0 bridgehead atoms. The molecule has 2 aromatic rings. The van der Waals surface area contributed by atoms with E-state index in [2.05, 4.69) is 31.4 Å². The summed E-state index contributed by atoms with van der Waals surface area (Å²) in [5.41, 5.74) is 5.74. The molecule has 0 saturated heterocycles. The fraction of sp³-hybridized carbons (Fsp3) is 0.143. The van der Waals surface area contributed by atoms with E-state index in [1.165, 1.54) is 24.3 Å². The van der Waals surface area contributed by atoms with Gasteiger partial charge >= 0.3 is 0 Å². The van der Waals surface area contributed by atoms with Crippen LogP contribution in [0.3, 0.4) is 0 Å². The molecule has 1 heterocycles. The van der Waals surface area contributed by atoms with Crippen molar-refractivity contribution < 1.29 is 9.90 Å². The maximum absolute atomic E-state index is 11.8. The molecule has 2 rings (SSSR count). The van der Waals surface area contributed by atoms with Gasteiger partial charge in [-0.05, 0) is 59.6 Å². The third kappa shape index (κ3) is 3.08. The molecule has 3 N–H and O–H groups in total. The zero-order chi connectivity index (χ0) is 14.7. The second-order valence-electron chi connectivity index (χ2n) is 4.35. The Kier molecular flexibility index (Phi) is 4.24. The third-order valence-corrected chi connectivity index (χ3v) is 4.06. The van der Waals surface area contributed by atoms with Gasteiger partial charge in [-0.2, -0.15) is 5.10 Å². The van der Waals surface area contributed by atoms with Crippen LogP contribution in [0.4, 0.5) is 0 Å².